The molecule has 0 bridgehead atoms. The van der Waals surface area contributed by atoms with Crippen molar-refractivity contribution >= 4 is 17.6 Å². The van der Waals surface area contributed by atoms with Crippen molar-refractivity contribution in [3.63, 3.8) is 0 Å². The Labute approximate surface area is 121 Å². The van der Waals surface area contributed by atoms with Gasteiger partial charge < -0.3 is 10.1 Å². The first-order valence-electron chi connectivity index (χ1n) is 6.31. The molecule has 20 heavy (non-hydrogen) atoms. The fourth-order valence-electron chi connectivity index (χ4n) is 1.51. The van der Waals surface area contributed by atoms with E-state index in [0.717, 1.165) is 18.8 Å². The zero-order chi connectivity index (χ0) is 14.4. The smallest absolute Gasteiger partial charge is 0.225 e. The number of nitrogens with one attached hydrogen (secondary N) is 1. The van der Waals surface area contributed by atoms with Gasteiger partial charge in [0.1, 0.15) is 17.4 Å². The maximum absolute atomic E-state index is 12.9. The summed E-state index contributed by atoms with van der Waals surface area (Å²) in [7, 11) is 0. The highest BCUT2D eigenvalue weighted by Crippen LogP contribution is 2.24. The van der Waals surface area contributed by atoms with E-state index in [1.807, 2.05) is 6.26 Å². The molecule has 1 aromatic heterocycles. The minimum atomic E-state index is -0.296. The highest BCUT2D eigenvalue weighted by Gasteiger charge is 2.06. The van der Waals surface area contributed by atoms with Crippen LogP contribution in [0.5, 0.6) is 11.6 Å². The van der Waals surface area contributed by atoms with E-state index in [2.05, 4.69) is 22.2 Å². The predicted octanol–water partition coefficient (Wildman–Crippen LogP) is 3.95. The Morgan fingerprint density at radius 1 is 1.25 bits per heavy atom. The molecule has 2 rings (SSSR count). The molecule has 0 aliphatic carbocycles. The van der Waals surface area contributed by atoms with Crippen LogP contribution in [0.15, 0.2) is 35.5 Å². The number of benzene rings is 1. The summed E-state index contributed by atoms with van der Waals surface area (Å²) in [4.78, 5) is 8.62. The van der Waals surface area contributed by atoms with Crippen molar-refractivity contribution < 1.29 is 9.13 Å². The molecule has 2 aromatic rings. The second-order valence-corrected chi connectivity index (χ2v) is 4.83. The number of halogens is 1. The number of aromatic nitrogens is 2. The zero-order valence-corrected chi connectivity index (χ0v) is 12.2. The summed E-state index contributed by atoms with van der Waals surface area (Å²) < 4.78 is 18.5. The van der Waals surface area contributed by atoms with Gasteiger partial charge in [0.2, 0.25) is 5.88 Å². The van der Waals surface area contributed by atoms with Crippen molar-refractivity contribution in [1.82, 2.24) is 9.97 Å². The van der Waals surface area contributed by atoms with Crippen molar-refractivity contribution in [2.24, 2.45) is 0 Å². The predicted molar refractivity (Wildman–Crippen MR) is 79.1 cm³/mol. The molecule has 0 aliphatic heterocycles. The Hall–Kier alpha value is -1.82. The van der Waals surface area contributed by atoms with Crippen molar-refractivity contribution in [3.8, 4) is 11.6 Å². The standard InChI is InChI=1S/C14H16FN3OS/c1-3-8-16-12-9-13(18-14(17-12)20-2)19-11-6-4-10(15)5-7-11/h4-7,9H,3,8H2,1-2H3,(H,16,17,18). The molecule has 1 heterocycles. The van der Waals surface area contributed by atoms with Gasteiger partial charge in [-0.1, -0.05) is 18.7 Å². The van der Waals surface area contributed by atoms with Gasteiger partial charge in [0.25, 0.3) is 0 Å². The van der Waals surface area contributed by atoms with Crippen LogP contribution < -0.4 is 10.1 Å². The second-order valence-electron chi connectivity index (χ2n) is 4.06. The van der Waals surface area contributed by atoms with Gasteiger partial charge in [-0.25, -0.2) is 9.37 Å². The second kappa shape index (κ2) is 7.09. The molecule has 0 atom stereocenters. The molecule has 0 radical (unpaired) electrons. The summed E-state index contributed by atoms with van der Waals surface area (Å²) in [5, 5.41) is 3.83. The van der Waals surface area contributed by atoms with E-state index in [0.29, 0.717) is 16.8 Å². The molecule has 0 saturated heterocycles. The summed E-state index contributed by atoms with van der Waals surface area (Å²) in [6, 6.07) is 7.56. The van der Waals surface area contributed by atoms with Crippen molar-refractivity contribution in [2.45, 2.75) is 18.5 Å². The molecule has 0 amide bonds. The summed E-state index contributed by atoms with van der Waals surface area (Å²) in [5.41, 5.74) is 0. The van der Waals surface area contributed by atoms with E-state index in [9.17, 15) is 4.39 Å². The van der Waals surface area contributed by atoms with Gasteiger partial charge in [-0.3, -0.25) is 0 Å². The summed E-state index contributed by atoms with van der Waals surface area (Å²) >= 11 is 1.44. The molecule has 1 aromatic carbocycles. The monoisotopic (exact) mass is 293 g/mol. The van der Waals surface area contributed by atoms with E-state index in [1.165, 1.54) is 23.9 Å². The lowest BCUT2D eigenvalue weighted by atomic mass is 10.3. The number of anilines is 1. The van der Waals surface area contributed by atoms with Crippen LogP contribution in [0, 0.1) is 5.82 Å². The number of thioether (sulfide) groups is 1. The maximum Gasteiger partial charge on any atom is 0.225 e. The average molecular weight is 293 g/mol. The van der Waals surface area contributed by atoms with Crippen LogP contribution in [0.1, 0.15) is 13.3 Å². The fourth-order valence-corrected chi connectivity index (χ4v) is 1.89. The molecule has 0 saturated carbocycles. The van der Waals surface area contributed by atoms with E-state index < -0.39 is 0 Å². The first-order chi connectivity index (χ1) is 9.71. The van der Waals surface area contributed by atoms with Crippen molar-refractivity contribution in [3.05, 3.63) is 36.1 Å². The van der Waals surface area contributed by atoms with Crippen LogP contribution in [-0.4, -0.2) is 22.8 Å². The van der Waals surface area contributed by atoms with E-state index in [1.54, 1.807) is 18.2 Å². The Balaban J connectivity index is 2.19. The van der Waals surface area contributed by atoms with Crippen LogP contribution in [0.2, 0.25) is 0 Å². The van der Waals surface area contributed by atoms with E-state index in [-0.39, 0.29) is 5.82 Å². The van der Waals surface area contributed by atoms with Crippen LogP contribution in [0.4, 0.5) is 10.2 Å². The zero-order valence-electron chi connectivity index (χ0n) is 11.4. The van der Waals surface area contributed by atoms with Gasteiger partial charge in [-0.05, 0) is 36.9 Å². The molecule has 0 aliphatic rings. The molecular weight excluding hydrogens is 277 g/mol. The average Bonchev–Trinajstić information content (AvgIpc) is 2.47. The Bertz CT molecular complexity index is 563. The lowest BCUT2D eigenvalue weighted by Crippen LogP contribution is -2.04. The number of hydrogen-bond donors (Lipinski definition) is 1. The Morgan fingerprint density at radius 3 is 2.65 bits per heavy atom. The van der Waals surface area contributed by atoms with Gasteiger partial charge in [-0.2, -0.15) is 4.98 Å². The lowest BCUT2D eigenvalue weighted by molar-refractivity contribution is 0.454. The minimum Gasteiger partial charge on any atom is -0.439 e. The van der Waals surface area contributed by atoms with Crippen LogP contribution >= 0.6 is 11.8 Å². The molecule has 4 nitrogen and oxygen atoms in total. The third-order valence-electron chi connectivity index (χ3n) is 2.46. The fraction of sp³-hybridized carbons (Fsp3) is 0.286. The summed E-state index contributed by atoms with van der Waals surface area (Å²) in [5.74, 6) is 1.41. The first kappa shape index (κ1) is 14.6. The van der Waals surface area contributed by atoms with Gasteiger partial charge >= 0.3 is 0 Å². The molecular formula is C14H16FN3OS. The van der Waals surface area contributed by atoms with Crippen LogP contribution in [0.25, 0.3) is 0 Å². The first-order valence-corrected chi connectivity index (χ1v) is 7.54. The number of ether oxygens (including phenoxy) is 1. The topological polar surface area (TPSA) is 47.0 Å². The van der Waals surface area contributed by atoms with Gasteiger partial charge in [-0.15, -0.1) is 0 Å². The molecule has 106 valence electrons. The molecule has 0 unspecified atom stereocenters. The largest absolute Gasteiger partial charge is 0.439 e. The van der Waals surface area contributed by atoms with Gasteiger partial charge in [0.15, 0.2) is 5.16 Å². The highest BCUT2D eigenvalue weighted by molar-refractivity contribution is 7.98. The summed E-state index contributed by atoms with van der Waals surface area (Å²) in [6.07, 6.45) is 2.91. The highest BCUT2D eigenvalue weighted by atomic mass is 32.2. The third kappa shape index (κ3) is 4.09. The Kier molecular flexibility index (Phi) is 5.17. The normalized spacial score (nSPS) is 10.3. The molecule has 1 N–H and O–H groups in total. The van der Waals surface area contributed by atoms with E-state index in [4.69, 9.17) is 4.74 Å². The van der Waals surface area contributed by atoms with Crippen LogP contribution in [0.3, 0.4) is 0 Å². The quantitative estimate of drug-likeness (QED) is 0.645. The maximum atomic E-state index is 12.9. The molecule has 0 fully saturated rings. The summed E-state index contributed by atoms with van der Waals surface area (Å²) in [6.45, 7) is 2.92. The SMILES string of the molecule is CCCNc1cc(Oc2ccc(F)cc2)nc(SC)n1. The number of rotatable bonds is 6. The molecule has 6 heteroatoms. The minimum absolute atomic E-state index is 0.296. The van der Waals surface area contributed by atoms with Crippen molar-refractivity contribution in [1.29, 1.82) is 0 Å². The van der Waals surface area contributed by atoms with Crippen LogP contribution in [-0.2, 0) is 0 Å². The number of hydrogen-bond acceptors (Lipinski definition) is 5. The third-order valence-corrected chi connectivity index (χ3v) is 3.00. The van der Waals surface area contributed by atoms with Gasteiger partial charge in [0, 0.05) is 12.6 Å². The van der Waals surface area contributed by atoms with Gasteiger partial charge in [0.05, 0.1) is 0 Å². The number of nitrogens with zero attached hydrogens (tertiary/aromatic N) is 2. The van der Waals surface area contributed by atoms with E-state index >= 15 is 0 Å². The Morgan fingerprint density at radius 2 is 2.00 bits per heavy atom. The lowest BCUT2D eigenvalue weighted by Gasteiger charge is -2.09. The van der Waals surface area contributed by atoms with Crippen molar-refractivity contribution in [2.75, 3.05) is 18.1 Å². The molecule has 0 spiro atoms.